The lowest BCUT2D eigenvalue weighted by Gasteiger charge is -2.25. The van der Waals surface area contributed by atoms with Crippen molar-refractivity contribution in [1.29, 1.82) is 0 Å². The van der Waals surface area contributed by atoms with Crippen molar-refractivity contribution in [3.05, 3.63) is 29.1 Å². The molecule has 0 spiro atoms. The summed E-state index contributed by atoms with van der Waals surface area (Å²) in [6.07, 6.45) is 2.99. The van der Waals surface area contributed by atoms with Crippen molar-refractivity contribution in [2.75, 3.05) is 0 Å². The number of pyridine rings is 1. The Morgan fingerprint density at radius 3 is 2.69 bits per heavy atom. The van der Waals surface area contributed by atoms with E-state index in [-0.39, 0.29) is 11.0 Å². The van der Waals surface area contributed by atoms with Crippen LogP contribution in [0.1, 0.15) is 57.9 Å². The summed E-state index contributed by atoms with van der Waals surface area (Å²) in [4.78, 5) is 4.54. The molecule has 0 amide bonds. The van der Waals surface area contributed by atoms with Crippen molar-refractivity contribution in [2.24, 2.45) is 0 Å². The lowest BCUT2D eigenvalue weighted by atomic mass is 9.86. The molecule has 1 atom stereocenters. The van der Waals surface area contributed by atoms with Crippen LogP contribution in [0.5, 0.6) is 0 Å². The molecule has 0 N–H and O–H groups in total. The van der Waals surface area contributed by atoms with Gasteiger partial charge in [0.2, 0.25) is 0 Å². The maximum absolute atomic E-state index is 5.89. The highest BCUT2D eigenvalue weighted by Gasteiger charge is 2.35. The average molecular weight is 219 g/mol. The molecular weight excluding hydrogens is 198 g/mol. The molecule has 1 aliphatic heterocycles. The third kappa shape index (κ3) is 1.75. The number of hydrogen-bond acceptors (Lipinski definition) is 2. The number of fused-ring (bicyclic) bond motifs is 1. The minimum absolute atomic E-state index is 0.103. The first-order valence-electron chi connectivity index (χ1n) is 6.00. The normalized spacial score (nSPS) is 24.6. The Bertz CT molecular complexity index is 406. The van der Waals surface area contributed by atoms with Crippen LogP contribution in [-0.4, -0.2) is 4.98 Å². The summed E-state index contributed by atoms with van der Waals surface area (Å²) in [5, 5.41) is 0. The second-order valence-electron chi connectivity index (χ2n) is 5.85. The van der Waals surface area contributed by atoms with E-state index in [1.807, 2.05) is 6.20 Å². The van der Waals surface area contributed by atoms with Crippen molar-refractivity contribution in [3.8, 4) is 0 Å². The van der Waals surface area contributed by atoms with Gasteiger partial charge in [-0.25, -0.2) is 0 Å². The van der Waals surface area contributed by atoms with E-state index < -0.39 is 0 Å². The molecule has 2 rings (SSSR count). The van der Waals surface area contributed by atoms with E-state index in [4.69, 9.17) is 4.74 Å². The molecule has 0 radical (unpaired) electrons. The molecule has 0 aromatic carbocycles. The minimum Gasteiger partial charge on any atom is -0.366 e. The number of aromatic nitrogens is 1. The van der Waals surface area contributed by atoms with E-state index in [0.29, 0.717) is 6.61 Å². The first kappa shape index (κ1) is 11.6. The van der Waals surface area contributed by atoms with Crippen LogP contribution in [0.3, 0.4) is 0 Å². The van der Waals surface area contributed by atoms with Crippen molar-refractivity contribution in [3.63, 3.8) is 0 Å². The molecule has 0 fully saturated rings. The number of ether oxygens (including phenoxy) is 1. The van der Waals surface area contributed by atoms with Crippen molar-refractivity contribution < 1.29 is 4.74 Å². The highest BCUT2D eigenvalue weighted by Crippen LogP contribution is 2.39. The lowest BCUT2D eigenvalue weighted by Crippen LogP contribution is -2.21. The quantitative estimate of drug-likeness (QED) is 0.720. The van der Waals surface area contributed by atoms with Gasteiger partial charge in [0, 0.05) is 22.9 Å². The van der Waals surface area contributed by atoms with Crippen LogP contribution in [-0.2, 0) is 22.4 Å². The molecule has 0 unspecified atom stereocenters. The highest BCUT2D eigenvalue weighted by molar-refractivity contribution is 5.36. The fraction of sp³-hybridized carbons (Fsp3) is 0.643. The maximum Gasteiger partial charge on any atom is 0.0909 e. The number of rotatable bonds is 1. The number of nitrogens with zero attached hydrogens (tertiary/aromatic N) is 1. The van der Waals surface area contributed by atoms with Crippen LogP contribution in [0.15, 0.2) is 12.3 Å². The summed E-state index contributed by atoms with van der Waals surface area (Å²) < 4.78 is 5.89. The Hall–Kier alpha value is -0.890. The van der Waals surface area contributed by atoms with E-state index in [1.54, 1.807) is 0 Å². The third-order valence-corrected chi connectivity index (χ3v) is 3.55. The fourth-order valence-corrected chi connectivity index (χ4v) is 2.11. The first-order valence-corrected chi connectivity index (χ1v) is 6.00. The zero-order valence-corrected chi connectivity index (χ0v) is 10.9. The largest absolute Gasteiger partial charge is 0.366 e. The summed E-state index contributed by atoms with van der Waals surface area (Å²) in [7, 11) is 0. The molecule has 0 saturated heterocycles. The van der Waals surface area contributed by atoms with Gasteiger partial charge in [0.15, 0.2) is 0 Å². The van der Waals surface area contributed by atoms with E-state index in [0.717, 1.165) is 12.1 Å². The van der Waals surface area contributed by atoms with E-state index in [2.05, 4.69) is 45.7 Å². The van der Waals surface area contributed by atoms with Crippen molar-refractivity contribution in [2.45, 2.75) is 58.7 Å². The van der Waals surface area contributed by atoms with E-state index in [1.165, 1.54) is 11.1 Å². The SMILES string of the molecule is CC[C@@]1(C)OCc2cnc(C(C)(C)C)cc21. The molecule has 88 valence electrons. The zero-order chi connectivity index (χ0) is 12.0. The van der Waals surface area contributed by atoms with Crippen LogP contribution < -0.4 is 0 Å². The van der Waals surface area contributed by atoms with Gasteiger partial charge in [0.1, 0.15) is 0 Å². The van der Waals surface area contributed by atoms with Gasteiger partial charge in [-0.15, -0.1) is 0 Å². The Morgan fingerprint density at radius 1 is 1.44 bits per heavy atom. The molecule has 0 saturated carbocycles. The van der Waals surface area contributed by atoms with E-state index in [9.17, 15) is 0 Å². The standard InChI is InChI=1S/C14H21NO/c1-6-14(5)11-7-12(13(2,3)4)15-8-10(11)9-16-14/h7-8H,6,9H2,1-5H3/t14-/m1/s1. The zero-order valence-electron chi connectivity index (χ0n) is 10.9. The summed E-state index contributed by atoms with van der Waals surface area (Å²) >= 11 is 0. The van der Waals surface area contributed by atoms with Gasteiger partial charge >= 0.3 is 0 Å². The number of hydrogen-bond donors (Lipinski definition) is 0. The summed E-state index contributed by atoms with van der Waals surface area (Å²) in [6.45, 7) is 11.6. The van der Waals surface area contributed by atoms with Crippen molar-refractivity contribution in [1.82, 2.24) is 4.98 Å². The predicted octanol–water partition coefficient (Wildman–Crippen LogP) is 3.53. The molecule has 16 heavy (non-hydrogen) atoms. The van der Waals surface area contributed by atoms with Crippen LogP contribution in [0.25, 0.3) is 0 Å². The highest BCUT2D eigenvalue weighted by atomic mass is 16.5. The molecule has 1 aliphatic rings. The Kier molecular flexibility index (Phi) is 2.58. The molecule has 2 heterocycles. The van der Waals surface area contributed by atoms with Crippen LogP contribution in [0.4, 0.5) is 0 Å². The van der Waals surface area contributed by atoms with Gasteiger partial charge in [-0.2, -0.15) is 0 Å². The van der Waals surface area contributed by atoms with Crippen molar-refractivity contribution >= 4 is 0 Å². The van der Waals surface area contributed by atoms with Crippen LogP contribution >= 0.6 is 0 Å². The van der Waals surface area contributed by atoms with Gasteiger partial charge < -0.3 is 4.74 Å². The molecular formula is C14H21NO. The lowest BCUT2D eigenvalue weighted by molar-refractivity contribution is -0.0260. The second-order valence-corrected chi connectivity index (χ2v) is 5.85. The average Bonchev–Trinajstić information content (AvgIpc) is 2.56. The summed E-state index contributed by atoms with van der Waals surface area (Å²) in [5.74, 6) is 0. The van der Waals surface area contributed by atoms with Gasteiger partial charge in [-0.3, -0.25) is 4.98 Å². The molecule has 0 aliphatic carbocycles. The molecule has 2 nitrogen and oxygen atoms in total. The van der Waals surface area contributed by atoms with E-state index >= 15 is 0 Å². The molecule has 1 aromatic rings. The monoisotopic (exact) mass is 219 g/mol. The summed E-state index contributed by atoms with van der Waals surface area (Å²) in [5.41, 5.74) is 3.72. The maximum atomic E-state index is 5.89. The Balaban J connectivity index is 2.50. The Morgan fingerprint density at radius 2 is 2.12 bits per heavy atom. The van der Waals surface area contributed by atoms with Crippen LogP contribution in [0.2, 0.25) is 0 Å². The summed E-state index contributed by atoms with van der Waals surface area (Å²) in [6, 6.07) is 2.23. The molecule has 1 aromatic heterocycles. The van der Waals surface area contributed by atoms with Gasteiger partial charge in [0.05, 0.1) is 12.2 Å². The minimum atomic E-state index is -0.113. The van der Waals surface area contributed by atoms with Gasteiger partial charge in [-0.1, -0.05) is 27.7 Å². The van der Waals surface area contributed by atoms with Gasteiger partial charge in [-0.05, 0) is 25.0 Å². The molecule has 2 heteroatoms. The third-order valence-electron chi connectivity index (χ3n) is 3.55. The van der Waals surface area contributed by atoms with Gasteiger partial charge in [0.25, 0.3) is 0 Å². The second kappa shape index (κ2) is 3.56. The fourth-order valence-electron chi connectivity index (χ4n) is 2.11. The molecule has 0 bridgehead atoms. The van der Waals surface area contributed by atoms with Crippen LogP contribution in [0, 0.1) is 0 Å². The first-order chi connectivity index (χ1) is 7.37. The Labute approximate surface area is 98.0 Å². The predicted molar refractivity (Wildman–Crippen MR) is 65.4 cm³/mol. The smallest absolute Gasteiger partial charge is 0.0909 e. The topological polar surface area (TPSA) is 22.1 Å².